The van der Waals surface area contributed by atoms with Crippen LogP contribution in [0.2, 0.25) is 0 Å². The van der Waals surface area contributed by atoms with Gasteiger partial charge in [-0.3, -0.25) is 0 Å². The van der Waals surface area contributed by atoms with Crippen molar-refractivity contribution in [3.63, 3.8) is 0 Å². The van der Waals surface area contributed by atoms with Crippen LogP contribution in [0.3, 0.4) is 0 Å². The topological polar surface area (TPSA) is 12.0 Å². The van der Waals surface area contributed by atoms with Gasteiger partial charge in [0.15, 0.2) is 0 Å². The predicted molar refractivity (Wildman–Crippen MR) is 77.2 cm³/mol. The van der Waals surface area contributed by atoms with Crippen molar-refractivity contribution in [2.75, 3.05) is 6.54 Å². The van der Waals surface area contributed by atoms with E-state index in [2.05, 4.69) is 39.9 Å². The Hall–Kier alpha value is -0.0400. The van der Waals surface area contributed by atoms with Gasteiger partial charge in [-0.1, -0.05) is 60.3 Å². The van der Waals surface area contributed by atoms with Crippen molar-refractivity contribution in [3.05, 3.63) is 0 Å². The van der Waals surface area contributed by atoms with E-state index in [-0.39, 0.29) is 0 Å². The lowest BCUT2D eigenvalue weighted by molar-refractivity contribution is 0.127. The molecule has 1 rings (SSSR count). The van der Waals surface area contributed by atoms with Crippen LogP contribution in [0.4, 0.5) is 0 Å². The van der Waals surface area contributed by atoms with E-state index in [1.54, 1.807) is 0 Å². The summed E-state index contributed by atoms with van der Waals surface area (Å²) < 4.78 is 0. The molecule has 1 saturated carbocycles. The second-order valence-electron chi connectivity index (χ2n) is 6.52. The zero-order chi connectivity index (χ0) is 12.8. The summed E-state index contributed by atoms with van der Waals surface area (Å²) in [6.45, 7) is 13.0. The van der Waals surface area contributed by atoms with E-state index in [0.29, 0.717) is 6.04 Å². The Balaban J connectivity index is 2.45. The van der Waals surface area contributed by atoms with Gasteiger partial charge in [-0.25, -0.2) is 0 Å². The van der Waals surface area contributed by atoms with Crippen molar-refractivity contribution in [2.45, 2.75) is 72.8 Å². The van der Waals surface area contributed by atoms with Crippen LogP contribution >= 0.6 is 0 Å². The van der Waals surface area contributed by atoms with E-state index in [4.69, 9.17) is 0 Å². The van der Waals surface area contributed by atoms with Gasteiger partial charge >= 0.3 is 0 Å². The third kappa shape index (κ3) is 4.62. The van der Waals surface area contributed by atoms with Gasteiger partial charge in [-0.05, 0) is 36.6 Å². The maximum atomic E-state index is 3.60. The Labute approximate surface area is 109 Å². The van der Waals surface area contributed by atoms with Gasteiger partial charge in [0.25, 0.3) is 0 Å². The molecule has 1 aliphatic carbocycles. The molecule has 1 N–H and O–H groups in total. The fraction of sp³-hybridized carbons (Fsp3) is 1.00. The van der Waals surface area contributed by atoms with Gasteiger partial charge in [0.05, 0.1) is 0 Å². The molecule has 4 atom stereocenters. The Morgan fingerprint density at radius 3 is 2.29 bits per heavy atom. The van der Waals surface area contributed by atoms with Crippen molar-refractivity contribution in [3.8, 4) is 0 Å². The molecule has 0 amide bonds. The van der Waals surface area contributed by atoms with E-state index in [9.17, 15) is 0 Å². The van der Waals surface area contributed by atoms with Crippen LogP contribution in [0, 0.1) is 23.7 Å². The minimum absolute atomic E-state index is 0.623. The monoisotopic (exact) mass is 239 g/mol. The van der Waals surface area contributed by atoms with Crippen LogP contribution in [-0.4, -0.2) is 12.6 Å². The summed E-state index contributed by atoms with van der Waals surface area (Å²) in [6, 6.07) is 0.623. The maximum Gasteiger partial charge on any atom is 0.00104 e. The van der Waals surface area contributed by atoms with Crippen molar-refractivity contribution in [1.82, 2.24) is 5.32 Å². The summed E-state index contributed by atoms with van der Waals surface area (Å²) in [5.74, 6) is 3.68. The van der Waals surface area contributed by atoms with Crippen LogP contribution in [-0.2, 0) is 0 Å². The van der Waals surface area contributed by atoms with Crippen LogP contribution in [0.1, 0.15) is 66.7 Å². The van der Waals surface area contributed by atoms with Crippen LogP contribution in [0.15, 0.2) is 0 Å². The molecule has 0 aromatic rings. The molecule has 0 aromatic carbocycles. The van der Waals surface area contributed by atoms with Gasteiger partial charge in [0.2, 0.25) is 0 Å². The third-order valence-electron chi connectivity index (χ3n) is 4.91. The number of nitrogens with one attached hydrogen (secondary N) is 1. The largest absolute Gasteiger partial charge is 0.314 e. The third-order valence-corrected chi connectivity index (χ3v) is 4.91. The average molecular weight is 239 g/mol. The molecule has 4 unspecified atom stereocenters. The molecule has 0 aliphatic heterocycles. The highest BCUT2D eigenvalue weighted by molar-refractivity contribution is 4.81. The molecule has 1 aliphatic rings. The van der Waals surface area contributed by atoms with Crippen molar-refractivity contribution in [1.29, 1.82) is 0 Å². The summed E-state index contributed by atoms with van der Waals surface area (Å²) in [5.41, 5.74) is 0. The smallest absolute Gasteiger partial charge is 0.00104 e. The SMILES string of the molecule is CCC1CCCCC1C(C)C(C)CNC(C)C. The minimum Gasteiger partial charge on any atom is -0.314 e. The number of rotatable bonds is 6. The molecule has 0 spiro atoms. The summed E-state index contributed by atoms with van der Waals surface area (Å²) in [6.07, 6.45) is 7.29. The van der Waals surface area contributed by atoms with E-state index in [1.165, 1.54) is 38.6 Å². The van der Waals surface area contributed by atoms with E-state index in [0.717, 1.165) is 23.7 Å². The Morgan fingerprint density at radius 1 is 1.06 bits per heavy atom. The molecule has 1 heteroatoms. The molecule has 17 heavy (non-hydrogen) atoms. The Morgan fingerprint density at radius 2 is 1.71 bits per heavy atom. The van der Waals surface area contributed by atoms with Crippen molar-refractivity contribution >= 4 is 0 Å². The van der Waals surface area contributed by atoms with E-state index in [1.807, 2.05) is 0 Å². The summed E-state index contributed by atoms with van der Waals surface area (Å²) in [5, 5.41) is 3.60. The molecule has 0 radical (unpaired) electrons. The molecule has 0 aromatic heterocycles. The van der Waals surface area contributed by atoms with Gasteiger partial charge in [-0.2, -0.15) is 0 Å². The molecule has 0 bridgehead atoms. The number of hydrogen-bond acceptors (Lipinski definition) is 1. The highest BCUT2D eigenvalue weighted by atomic mass is 14.9. The summed E-state index contributed by atoms with van der Waals surface area (Å²) in [4.78, 5) is 0. The average Bonchev–Trinajstić information content (AvgIpc) is 2.34. The minimum atomic E-state index is 0.623. The molecular weight excluding hydrogens is 206 g/mol. The van der Waals surface area contributed by atoms with E-state index < -0.39 is 0 Å². The predicted octanol–water partition coefficient (Wildman–Crippen LogP) is 4.47. The second kappa shape index (κ2) is 7.41. The van der Waals surface area contributed by atoms with Crippen molar-refractivity contribution < 1.29 is 0 Å². The molecule has 1 fully saturated rings. The Kier molecular flexibility index (Phi) is 6.54. The molecule has 1 nitrogen and oxygen atoms in total. The first-order valence-electron chi connectivity index (χ1n) is 7.79. The fourth-order valence-corrected chi connectivity index (χ4v) is 3.46. The van der Waals surface area contributed by atoms with Gasteiger partial charge in [-0.15, -0.1) is 0 Å². The summed E-state index contributed by atoms with van der Waals surface area (Å²) >= 11 is 0. The van der Waals surface area contributed by atoms with Crippen LogP contribution < -0.4 is 5.32 Å². The highest BCUT2D eigenvalue weighted by Crippen LogP contribution is 2.39. The lowest BCUT2D eigenvalue weighted by Crippen LogP contribution is -2.35. The summed E-state index contributed by atoms with van der Waals surface area (Å²) in [7, 11) is 0. The van der Waals surface area contributed by atoms with Gasteiger partial charge in [0, 0.05) is 6.04 Å². The maximum absolute atomic E-state index is 3.60. The van der Waals surface area contributed by atoms with Gasteiger partial charge in [0.1, 0.15) is 0 Å². The Bertz CT molecular complexity index is 200. The first-order chi connectivity index (χ1) is 8.06. The molecule has 0 heterocycles. The highest BCUT2D eigenvalue weighted by Gasteiger charge is 2.30. The normalized spacial score (nSPS) is 29.3. The molecular formula is C16H33N. The van der Waals surface area contributed by atoms with Crippen molar-refractivity contribution in [2.24, 2.45) is 23.7 Å². The number of hydrogen-bond donors (Lipinski definition) is 1. The quantitative estimate of drug-likeness (QED) is 0.721. The lowest BCUT2D eigenvalue weighted by atomic mass is 9.68. The fourth-order valence-electron chi connectivity index (χ4n) is 3.46. The van der Waals surface area contributed by atoms with Crippen LogP contribution in [0.25, 0.3) is 0 Å². The first kappa shape index (κ1) is 15.0. The second-order valence-corrected chi connectivity index (χ2v) is 6.52. The standard InChI is InChI=1S/C16H33N/c1-6-15-9-7-8-10-16(15)14(5)13(4)11-17-12(2)3/h12-17H,6-11H2,1-5H3. The first-order valence-corrected chi connectivity index (χ1v) is 7.79. The molecule has 102 valence electrons. The molecule has 0 saturated heterocycles. The van der Waals surface area contributed by atoms with Gasteiger partial charge < -0.3 is 5.32 Å². The zero-order valence-corrected chi connectivity index (χ0v) is 12.6. The zero-order valence-electron chi connectivity index (χ0n) is 12.6. The van der Waals surface area contributed by atoms with Crippen LogP contribution in [0.5, 0.6) is 0 Å². The lowest BCUT2D eigenvalue weighted by Gasteiger charge is -2.38. The van der Waals surface area contributed by atoms with E-state index >= 15 is 0 Å².